The van der Waals surface area contributed by atoms with Crippen molar-refractivity contribution < 1.29 is 35.1 Å². The molecule has 1 atom stereocenters. The van der Waals surface area contributed by atoms with E-state index in [9.17, 15) is 35.1 Å². The Balaban J connectivity index is 5.19. The maximum Gasteiger partial charge on any atom is 0.459 e. The first-order chi connectivity index (χ1) is 6.35. The molecule has 0 radical (unpaired) electrons. The standard InChI is InChI=1S/C7H8F8/c1-3(2)4(8)5(9,10)6(11,12)7(13,14)15/h3-4H,1-2H3. The van der Waals surface area contributed by atoms with Crippen molar-refractivity contribution in [1.29, 1.82) is 0 Å². The molecule has 0 aromatic heterocycles. The molecule has 8 heteroatoms. The van der Waals surface area contributed by atoms with Gasteiger partial charge in [-0.05, 0) is 5.92 Å². The number of halogens is 8. The van der Waals surface area contributed by atoms with Gasteiger partial charge in [-0.15, -0.1) is 0 Å². The van der Waals surface area contributed by atoms with Crippen LogP contribution < -0.4 is 0 Å². The van der Waals surface area contributed by atoms with Crippen LogP contribution in [0, 0.1) is 5.92 Å². The molecule has 0 aliphatic carbocycles. The van der Waals surface area contributed by atoms with Gasteiger partial charge < -0.3 is 0 Å². The van der Waals surface area contributed by atoms with E-state index in [1.54, 1.807) is 0 Å². The average molecular weight is 244 g/mol. The lowest BCUT2D eigenvalue weighted by molar-refractivity contribution is -0.368. The summed E-state index contributed by atoms with van der Waals surface area (Å²) in [6.07, 6.45) is -10.0. The highest BCUT2D eigenvalue weighted by Gasteiger charge is 2.76. The number of hydrogen-bond donors (Lipinski definition) is 0. The van der Waals surface area contributed by atoms with E-state index in [4.69, 9.17) is 0 Å². The lowest BCUT2D eigenvalue weighted by Gasteiger charge is -2.31. The highest BCUT2D eigenvalue weighted by Crippen LogP contribution is 2.49. The van der Waals surface area contributed by atoms with Gasteiger partial charge in [-0.2, -0.15) is 30.7 Å². The molecule has 0 aliphatic heterocycles. The van der Waals surface area contributed by atoms with Crippen LogP contribution in [-0.4, -0.2) is 24.2 Å². The summed E-state index contributed by atoms with van der Waals surface area (Å²) in [5, 5.41) is 0. The molecule has 0 saturated carbocycles. The van der Waals surface area contributed by atoms with E-state index in [2.05, 4.69) is 0 Å². The van der Waals surface area contributed by atoms with Gasteiger partial charge in [0.15, 0.2) is 6.17 Å². The van der Waals surface area contributed by atoms with Gasteiger partial charge in [0.2, 0.25) is 0 Å². The Morgan fingerprint density at radius 3 is 1.33 bits per heavy atom. The Morgan fingerprint density at radius 1 is 0.800 bits per heavy atom. The molecule has 0 nitrogen and oxygen atoms in total. The molecule has 0 aromatic carbocycles. The van der Waals surface area contributed by atoms with Crippen LogP contribution in [0.15, 0.2) is 0 Å². The van der Waals surface area contributed by atoms with E-state index in [-0.39, 0.29) is 0 Å². The predicted molar refractivity (Wildman–Crippen MR) is 35.7 cm³/mol. The van der Waals surface area contributed by atoms with Gasteiger partial charge in [-0.3, -0.25) is 0 Å². The van der Waals surface area contributed by atoms with Gasteiger partial charge >= 0.3 is 18.0 Å². The van der Waals surface area contributed by atoms with Crippen molar-refractivity contribution in [3.8, 4) is 0 Å². The highest BCUT2D eigenvalue weighted by molar-refractivity contribution is 4.96. The second-order valence-corrected chi connectivity index (χ2v) is 3.34. The molecule has 0 bridgehead atoms. The summed E-state index contributed by atoms with van der Waals surface area (Å²) in [7, 11) is 0. The quantitative estimate of drug-likeness (QED) is 0.662. The maximum absolute atomic E-state index is 12.6. The smallest absolute Gasteiger partial charge is 0.240 e. The van der Waals surface area contributed by atoms with Crippen molar-refractivity contribution >= 4 is 0 Å². The number of rotatable bonds is 3. The zero-order valence-corrected chi connectivity index (χ0v) is 7.68. The molecule has 0 rings (SSSR count). The molecule has 0 fully saturated rings. The largest absolute Gasteiger partial charge is 0.459 e. The molecule has 0 aliphatic rings. The van der Waals surface area contributed by atoms with E-state index in [1.807, 2.05) is 0 Å². The van der Waals surface area contributed by atoms with Crippen LogP contribution in [0.1, 0.15) is 13.8 Å². The Hall–Kier alpha value is -0.560. The average Bonchev–Trinajstić information content (AvgIpc) is 2.00. The minimum atomic E-state index is -6.48. The summed E-state index contributed by atoms with van der Waals surface area (Å²) in [6, 6.07) is 0. The van der Waals surface area contributed by atoms with Crippen LogP contribution in [0.3, 0.4) is 0 Å². The van der Waals surface area contributed by atoms with E-state index >= 15 is 0 Å². The van der Waals surface area contributed by atoms with Crippen molar-refractivity contribution in [2.45, 2.75) is 38.0 Å². The second-order valence-electron chi connectivity index (χ2n) is 3.34. The third-order valence-electron chi connectivity index (χ3n) is 1.71. The predicted octanol–water partition coefficient (Wildman–Crippen LogP) is 3.81. The Morgan fingerprint density at radius 2 is 1.13 bits per heavy atom. The van der Waals surface area contributed by atoms with E-state index < -0.39 is 30.1 Å². The molecule has 0 N–H and O–H groups in total. The highest BCUT2D eigenvalue weighted by atomic mass is 19.4. The molecular formula is C7H8F8. The molecule has 0 saturated heterocycles. The van der Waals surface area contributed by atoms with Gasteiger partial charge in [-0.25, -0.2) is 4.39 Å². The van der Waals surface area contributed by atoms with Gasteiger partial charge in [0.25, 0.3) is 0 Å². The fourth-order valence-electron chi connectivity index (χ4n) is 0.781. The zero-order chi connectivity index (χ0) is 12.7. The van der Waals surface area contributed by atoms with Crippen LogP contribution in [0.4, 0.5) is 35.1 Å². The SMILES string of the molecule is CC(C)C(F)C(F)(F)C(F)(F)C(F)(F)F. The van der Waals surface area contributed by atoms with E-state index in [0.717, 1.165) is 13.8 Å². The summed E-state index contributed by atoms with van der Waals surface area (Å²) in [6.45, 7) is 1.57. The first-order valence-corrected chi connectivity index (χ1v) is 3.82. The lowest BCUT2D eigenvalue weighted by Crippen LogP contribution is -2.57. The second kappa shape index (κ2) is 3.79. The summed E-state index contributed by atoms with van der Waals surface area (Å²) < 4.78 is 96.7. The van der Waals surface area contributed by atoms with Gasteiger partial charge in [0.1, 0.15) is 0 Å². The van der Waals surface area contributed by atoms with Crippen LogP contribution in [0.2, 0.25) is 0 Å². The van der Waals surface area contributed by atoms with E-state index in [1.165, 1.54) is 0 Å². The molecule has 0 heterocycles. The van der Waals surface area contributed by atoms with Gasteiger partial charge in [0, 0.05) is 0 Å². The Kier molecular flexibility index (Phi) is 3.64. The van der Waals surface area contributed by atoms with Crippen molar-refractivity contribution in [1.82, 2.24) is 0 Å². The van der Waals surface area contributed by atoms with Crippen LogP contribution in [-0.2, 0) is 0 Å². The number of hydrogen-bond acceptors (Lipinski definition) is 0. The van der Waals surface area contributed by atoms with Crippen molar-refractivity contribution in [3.63, 3.8) is 0 Å². The van der Waals surface area contributed by atoms with Crippen molar-refractivity contribution in [2.24, 2.45) is 5.92 Å². The van der Waals surface area contributed by atoms with Gasteiger partial charge in [0.05, 0.1) is 0 Å². The van der Waals surface area contributed by atoms with Crippen LogP contribution in [0.25, 0.3) is 0 Å². The third kappa shape index (κ3) is 2.34. The minimum absolute atomic E-state index is 0.783. The Labute approximate surface area is 80.3 Å². The first-order valence-electron chi connectivity index (χ1n) is 3.82. The van der Waals surface area contributed by atoms with Crippen molar-refractivity contribution in [3.05, 3.63) is 0 Å². The normalized spacial score (nSPS) is 17.0. The minimum Gasteiger partial charge on any atom is -0.240 e. The molecule has 0 amide bonds. The first kappa shape index (κ1) is 14.4. The summed E-state index contributed by atoms with van der Waals surface area (Å²) in [5.41, 5.74) is 0. The molecule has 0 spiro atoms. The molecular weight excluding hydrogens is 236 g/mol. The monoisotopic (exact) mass is 244 g/mol. The lowest BCUT2D eigenvalue weighted by atomic mass is 9.97. The maximum atomic E-state index is 12.6. The summed E-state index contributed by atoms with van der Waals surface area (Å²) in [5.74, 6) is -13.8. The topological polar surface area (TPSA) is 0 Å². The molecule has 15 heavy (non-hydrogen) atoms. The molecule has 0 aromatic rings. The number of alkyl halides is 8. The van der Waals surface area contributed by atoms with Crippen LogP contribution >= 0.6 is 0 Å². The van der Waals surface area contributed by atoms with Crippen molar-refractivity contribution in [2.75, 3.05) is 0 Å². The molecule has 92 valence electrons. The molecule has 1 unspecified atom stereocenters. The summed E-state index contributed by atoms with van der Waals surface area (Å²) in [4.78, 5) is 0. The fraction of sp³-hybridized carbons (Fsp3) is 1.00. The fourth-order valence-corrected chi connectivity index (χ4v) is 0.781. The van der Waals surface area contributed by atoms with Crippen LogP contribution in [0.5, 0.6) is 0 Å². The third-order valence-corrected chi connectivity index (χ3v) is 1.71. The van der Waals surface area contributed by atoms with Gasteiger partial charge in [-0.1, -0.05) is 13.8 Å². The summed E-state index contributed by atoms with van der Waals surface area (Å²) >= 11 is 0. The Bertz CT molecular complexity index is 216. The van der Waals surface area contributed by atoms with E-state index in [0.29, 0.717) is 0 Å². The zero-order valence-electron chi connectivity index (χ0n) is 7.68.